The maximum absolute atomic E-state index is 11.7. The summed E-state index contributed by atoms with van der Waals surface area (Å²) in [6.45, 7) is 2.19. The Bertz CT molecular complexity index is 656. The molecular weight excluding hydrogens is 292 g/mol. The largest absolute Gasteiger partial charge is 0.478 e. The zero-order valence-electron chi connectivity index (χ0n) is 11.3. The average molecular weight is 306 g/mol. The highest BCUT2D eigenvalue weighted by Crippen LogP contribution is 2.15. The van der Waals surface area contributed by atoms with Crippen LogP contribution in [0.2, 0.25) is 0 Å². The second-order valence-corrected chi connectivity index (χ2v) is 5.23. The summed E-state index contributed by atoms with van der Waals surface area (Å²) in [5.74, 6) is -0.998. The lowest BCUT2D eigenvalue weighted by Gasteiger charge is -2.06. The number of carbonyl (C=O) groups excluding carboxylic acids is 1. The number of nitrogens with zero attached hydrogens (tertiary/aromatic N) is 2. The molecule has 2 amide bonds. The molecule has 0 atom stereocenters. The molecule has 1 aromatic carbocycles. The van der Waals surface area contributed by atoms with Gasteiger partial charge in [0, 0.05) is 6.54 Å². The van der Waals surface area contributed by atoms with Gasteiger partial charge in [0.05, 0.1) is 5.56 Å². The quantitative estimate of drug-likeness (QED) is 0.785. The molecule has 1 heterocycles. The van der Waals surface area contributed by atoms with Crippen molar-refractivity contribution >= 4 is 28.5 Å². The Morgan fingerprint density at radius 3 is 2.81 bits per heavy atom. The molecule has 21 heavy (non-hydrogen) atoms. The Labute approximate surface area is 125 Å². The third kappa shape index (κ3) is 4.25. The summed E-state index contributed by atoms with van der Waals surface area (Å²) in [4.78, 5) is 22.6. The number of nitrogens with one attached hydrogen (secondary N) is 2. The van der Waals surface area contributed by atoms with E-state index in [0.29, 0.717) is 10.7 Å². The van der Waals surface area contributed by atoms with E-state index in [2.05, 4.69) is 20.8 Å². The van der Waals surface area contributed by atoms with E-state index in [1.165, 1.54) is 23.5 Å². The predicted molar refractivity (Wildman–Crippen MR) is 78.5 cm³/mol. The number of amides is 2. The minimum atomic E-state index is -0.998. The molecule has 7 nitrogen and oxygen atoms in total. The molecule has 1 aromatic heterocycles. The van der Waals surface area contributed by atoms with Gasteiger partial charge < -0.3 is 10.4 Å². The number of urea groups is 1. The molecule has 0 fully saturated rings. The number of carboxylic acid groups (broad SMARTS) is 1. The van der Waals surface area contributed by atoms with Crippen molar-refractivity contribution in [1.29, 1.82) is 0 Å². The number of aryl methyl sites for hydroxylation is 1. The highest BCUT2D eigenvalue weighted by Gasteiger charge is 2.08. The first kappa shape index (κ1) is 14.9. The van der Waals surface area contributed by atoms with E-state index in [0.717, 1.165) is 11.4 Å². The normalized spacial score (nSPS) is 10.1. The molecule has 2 aromatic rings. The minimum Gasteiger partial charge on any atom is -0.478 e. The third-order valence-electron chi connectivity index (χ3n) is 2.62. The van der Waals surface area contributed by atoms with Crippen LogP contribution in [0.15, 0.2) is 24.3 Å². The van der Waals surface area contributed by atoms with Gasteiger partial charge in [0.1, 0.15) is 5.01 Å². The fourth-order valence-corrected chi connectivity index (χ4v) is 2.26. The predicted octanol–water partition coefficient (Wildman–Crippen LogP) is 2.12. The van der Waals surface area contributed by atoms with E-state index in [1.807, 2.05) is 6.92 Å². The van der Waals surface area contributed by atoms with Gasteiger partial charge in [-0.1, -0.05) is 30.4 Å². The Morgan fingerprint density at radius 2 is 2.14 bits per heavy atom. The molecule has 0 radical (unpaired) electrons. The fourth-order valence-electron chi connectivity index (χ4n) is 1.58. The molecular formula is C13H14N4O3S. The second-order valence-electron chi connectivity index (χ2n) is 4.17. The van der Waals surface area contributed by atoms with Gasteiger partial charge in [0.25, 0.3) is 0 Å². The van der Waals surface area contributed by atoms with Gasteiger partial charge in [-0.25, -0.2) is 9.59 Å². The molecule has 0 aliphatic carbocycles. The van der Waals surface area contributed by atoms with Crippen molar-refractivity contribution in [3.63, 3.8) is 0 Å². The highest BCUT2D eigenvalue weighted by molar-refractivity contribution is 7.15. The molecule has 0 saturated heterocycles. The maximum atomic E-state index is 11.7. The van der Waals surface area contributed by atoms with E-state index in [1.54, 1.807) is 12.1 Å². The lowest BCUT2D eigenvalue weighted by atomic mass is 10.1. The Morgan fingerprint density at radius 1 is 1.33 bits per heavy atom. The summed E-state index contributed by atoms with van der Waals surface area (Å²) < 4.78 is 0. The van der Waals surface area contributed by atoms with Crippen LogP contribution >= 0.6 is 11.3 Å². The summed E-state index contributed by atoms with van der Waals surface area (Å²) in [6.07, 6.45) is 0.767. The smallest absolute Gasteiger partial charge is 0.335 e. The van der Waals surface area contributed by atoms with Crippen LogP contribution in [0, 0.1) is 0 Å². The van der Waals surface area contributed by atoms with Gasteiger partial charge >= 0.3 is 12.0 Å². The van der Waals surface area contributed by atoms with Crippen molar-refractivity contribution in [2.24, 2.45) is 0 Å². The van der Waals surface area contributed by atoms with Crippen LogP contribution < -0.4 is 10.6 Å². The van der Waals surface area contributed by atoms with Gasteiger partial charge in [-0.15, -0.1) is 10.2 Å². The van der Waals surface area contributed by atoms with Gasteiger partial charge in [-0.05, 0) is 24.1 Å². The zero-order valence-corrected chi connectivity index (χ0v) is 12.1. The van der Waals surface area contributed by atoms with Crippen LogP contribution in [-0.4, -0.2) is 27.3 Å². The molecule has 0 saturated carbocycles. The molecule has 0 bridgehead atoms. The topological polar surface area (TPSA) is 104 Å². The maximum Gasteiger partial charge on any atom is 0.335 e. The summed E-state index contributed by atoms with van der Waals surface area (Å²) >= 11 is 1.32. The number of carbonyl (C=O) groups is 2. The van der Waals surface area contributed by atoms with Gasteiger partial charge in [0.2, 0.25) is 5.13 Å². The highest BCUT2D eigenvalue weighted by atomic mass is 32.1. The Kier molecular flexibility index (Phi) is 4.83. The molecule has 0 spiro atoms. The number of anilines is 1. The van der Waals surface area contributed by atoms with Crippen LogP contribution in [0.5, 0.6) is 0 Å². The second kappa shape index (κ2) is 6.80. The first-order chi connectivity index (χ1) is 10.1. The van der Waals surface area contributed by atoms with Gasteiger partial charge in [-0.2, -0.15) is 0 Å². The fraction of sp³-hybridized carbons (Fsp3) is 0.231. The zero-order chi connectivity index (χ0) is 15.2. The minimum absolute atomic E-state index is 0.186. The molecule has 8 heteroatoms. The van der Waals surface area contributed by atoms with Crippen LogP contribution in [0.4, 0.5) is 9.93 Å². The van der Waals surface area contributed by atoms with E-state index in [9.17, 15) is 9.59 Å². The number of hydrogen-bond donors (Lipinski definition) is 3. The van der Waals surface area contributed by atoms with E-state index >= 15 is 0 Å². The van der Waals surface area contributed by atoms with Crippen molar-refractivity contribution in [2.75, 3.05) is 5.32 Å². The van der Waals surface area contributed by atoms with Crippen molar-refractivity contribution in [2.45, 2.75) is 19.9 Å². The summed E-state index contributed by atoms with van der Waals surface area (Å²) in [6, 6.07) is 5.99. The SMILES string of the molecule is CCc1nnc(NC(=O)NCc2cccc(C(=O)O)c2)s1. The van der Waals surface area contributed by atoms with Crippen molar-refractivity contribution in [3.8, 4) is 0 Å². The van der Waals surface area contributed by atoms with Crippen LogP contribution in [-0.2, 0) is 13.0 Å². The summed E-state index contributed by atoms with van der Waals surface area (Å²) in [7, 11) is 0. The molecule has 110 valence electrons. The van der Waals surface area contributed by atoms with Crippen LogP contribution in [0.25, 0.3) is 0 Å². The number of aromatic carboxylic acids is 1. The van der Waals surface area contributed by atoms with Crippen LogP contribution in [0.1, 0.15) is 27.9 Å². The van der Waals surface area contributed by atoms with Crippen LogP contribution in [0.3, 0.4) is 0 Å². The first-order valence-corrected chi connectivity index (χ1v) is 7.09. The lowest BCUT2D eigenvalue weighted by molar-refractivity contribution is 0.0696. The van der Waals surface area contributed by atoms with E-state index < -0.39 is 12.0 Å². The van der Waals surface area contributed by atoms with Crippen molar-refractivity contribution < 1.29 is 14.7 Å². The number of carboxylic acids is 1. The molecule has 0 aliphatic heterocycles. The van der Waals surface area contributed by atoms with E-state index in [4.69, 9.17) is 5.11 Å². The third-order valence-corrected chi connectivity index (χ3v) is 3.60. The first-order valence-electron chi connectivity index (χ1n) is 6.28. The average Bonchev–Trinajstić information content (AvgIpc) is 2.93. The van der Waals surface area contributed by atoms with Crippen molar-refractivity contribution in [1.82, 2.24) is 15.5 Å². The van der Waals surface area contributed by atoms with Gasteiger partial charge in [-0.3, -0.25) is 5.32 Å². The standard InChI is InChI=1S/C13H14N4O3S/c1-2-10-16-17-13(21-10)15-12(20)14-7-8-4-3-5-9(6-8)11(18)19/h3-6H,2,7H2,1H3,(H,18,19)(H2,14,15,17,20). The molecule has 0 unspecified atom stereocenters. The summed E-state index contributed by atoms with van der Waals surface area (Å²) in [5.41, 5.74) is 0.892. The number of aromatic nitrogens is 2. The van der Waals surface area contributed by atoms with Gasteiger partial charge in [0.15, 0.2) is 0 Å². The Hall–Kier alpha value is -2.48. The number of benzene rings is 1. The number of hydrogen-bond acceptors (Lipinski definition) is 5. The molecule has 3 N–H and O–H groups in total. The lowest BCUT2D eigenvalue weighted by Crippen LogP contribution is -2.28. The Balaban J connectivity index is 1.89. The van der Waals surface area contributed by atoms with E-state index in [-0.39, 0.29) is 12.1 Å². The molecule has 2 rings (SSSR count). The number of rotatable bonds is 5. The molecule has 0 aliphatic rings. The summed E-state index contributed by atoms with van der Waals surface area (Å²) in [5, 5.41) is 23.1. The van der Waals surface area contributed by atoms with Crippen molar-refractivity contribution in [3.05, 3.63) is 40.4 Å². The monoisotopic (exact) mass is 306 g/mol.